The molecule has 6 rings (SSSR count). The lowest BCUT2D eigenvalue weighted by molar-refractivity contribution is -0.0483. The standard InChI is InChI=1S/C22H26/c1-14-7-8-21(20-6-4-3-5-19(14)20)22-11-16-9-17(12-22)15(2)18(10-16)13-22/h3-8,15-18H,9-13H2,1-2H3. The molecule has 114 valence electrons. The Balaban J connectivity index is 1.71. The number of fused-ring (bicyclic) bond motifs is 1. The number of hydrogen-bond acceptors (Lipinski definition) is 0. The van der Waals surface area contributed by atoms with Gasteiger partial charge in [-0.15, -0.1) is 0 Å². The van der Waals surface area contributed by atoms with Gasteiger partial charge in [0.15, 0.2) is 0 Å². The zero-order chi connectivity index (χ0) is 14.9. The van der Waals surface area contributed by atoms with Crippen LogP contribution in [0.4, 0.5) is 0 Å². The molecule has 0 radical (unpaired) electrons. The van der Waals surface area contributed by atoms with Gasteiger partial charge in [-0.2, -0.15) is 0 Å². The Labute approximate surface area is 133 Å². The number of benzene rings is 2. The van der Waals surface area contributed by atoms with Crippen molar-refractivity contribution in [3.8, 4) is 0 Å². The molecule has 22 heavy (non-hydrogen) atoms. The normalized spacial score (nSPS) is 39.5. The van der Waals surface area contributed by atoms with E-state index in [4.69, 9.17) is 0 Å². The first kappa shape index (κ1) is 13.2. The van der Waals surface area contributed by atoms with Crippen LogP contribution in [0.5, 0.6) is 0 Å². The van der Waals surface area contributed by atoms with Crippen molar-refractivity contribution in [1.29, 1.82) is 0 Å². The van der Waals surface area contributed by atoms with Crippen LogP contribution in [0.3, 0.4) is 0 Å². The van der Waals surface area contributed by atoms with Gasteiger partial charge in [0.2, 0.25) is 0 Å². The highest BCUT2D eigenvalue weighted by Gasteiger charge is 2.54. The van der Waals surface area contributed by atoms with Gasteiger partial charge in [-0.1, -0.05) is 43.3 Å². The molecule has 0 aliphatic heterocycles. The van der Waals surface area contributed by atoms with E-state index in [9.17, 15) is 0 Å². The van der Waals surface area contributed by atoms with Gasteiger partial charge in [-0.05, 0) is 90.0 Å². The summed E-state index contributed by atoms with van der Waals surface area (Å²) in [6.07, 6.45) is 7.40. The zero-order valence-corrected chi connectivity index (χ0v) is 13.8. The lowest BCUT2D eigenvalue weighted by atomic mass is 9.45. The molecule has 0 saturated heterocycles. The summed E-state index contributed by atoms with van der Waals surface area (Å²) in [6, 6.07) is 14.0. The van der Waals surface area contributed by atoms with Crippen LogP contribution < -0.4 is 0 Å². The molecule has 0 N–H and O–H groups in total. The topological polar surface area (TPSA) is 0 Å². The van der Waals surface area contributed by atoms with Gasteiger partial charge in [0.25, 0.3) is 0 Å². The molecule has 4 fully saturated rings. The lowest BCUT2D eigenvalue weighted by Crippen LogP contribution is -2.52. The Hall–Kier alpha value is -1.30. The third-order valence-corrected chi connectivity index (χ3v) is 7.46. The minimum absolute atomic E-state index is 0.496. The number of hydrogen-bond donors (Lipinski definition) is 0. The molecule has 4 bridgehead atoms. The Morgan fingerprint density at radius 3 is 2.27 bits per heavy atom. The second-order valence-electron chi connectivity index (χ2n) is 8.59. The second kappa shape index (κ2) is 4.37. The largest absolute Gasteiger partial charge is 0.0620 e. The summed E-state index contributed by atoms with van der Waals surface area (Å²) in [5.74, 6) is 3.97. The van der Waals surface area contributed by atoms with Gasteiger partial charge in [0.05, 0.1) is 0 Å². The minimum Gasteiger partial charge on any atom is -0.0620 e. The average molecular weight is 290 g/mol. The van der Waals surface area contributed by atoms with E-state index in [0.29, 0.717) is 5.41 Å². The van der Waals surface area contributed by atoms with Crippen LogP contribution in [0.2, 0.25) is 0 Å². The van der Waals surface area contributed by atoms with Crippen molar-refractivity contribution in [2.24, 2.45) is 23.7 Å². The molecular weight excluding hydrogens is 264 g/mol. The van der Waals surface area contributed by atoms with Crippen LogP contribution in [-0.4, -0.2) is 0 Å². The molecule has 0 amide bonds. The predicted octanol–water partition coefficient (Wildman–Crippen LogP) is 5.86. The Bertz CT molecular complexity index is 725. The Morgan fingerprint density at radius 1 is 0.864 bits per heavy atom. The summed E-state index contributed by atoms with van der Waals surface area (Å²) in [7, 11) is 0. The van der Waals surface area contributed by atoms with Crippen LogP contribution >= 0.6 is 0 Å². The van der Waals surface area contributed by atoms with Crippen molar-refractivity contribution in [3.05, 3.63) is 47.5 Å². The highest BCUT2D eigenvalue weighted by molar-refractivity contribution is 5.89. The van der Waals surface area contributed by atoms with Crippen LogP contribution in [-0.2, 0) is 5.41 Å². The first-order chi connectivity index (χ1) is 10.7. The molecule has 4 saturated carbocycles. The maximum Gasteiger partial charge on any atom is -0.00327 e. The van der Waals surface area contributed by atoms with Gasteiger partial charge in [0, 0.05) is 0 Å². The van der Waals surface area contributed by atoms with Crippen molar-refractivity contribution < 1.29 is 0 Å². The van der Waals surface area contributed by atoms with Crippen molar-refractivity contribution in [3.63, 3.8) is 0 Å². The molecule has 0 heteroatoms. The Morgan fingerprint density at radius 2 is 1.55 bits per heavy atom. The Kier molecular flexibility index (Phi) is 2.62. The third kappa shape index (κ3) is 1.64. The van der Waals surface area contributed by atoms with Gasteiger partial charge >= 0.3 is 0 Å². The molecule has 4 aliphatic rings. The molecule has 0 nitrogen and oxygen atoms in total. The van der Waals surface area contributed by atoms with E-state index < -0.39 is 0 Å². The van der Waals surface area contributed by atoms with Crippen LogP contribution in [0, 0.1) is 30.6 Å². The van der Waals surface area contributed by atoms with Crippen molar-refractivity contribution in [1.82, 2.24) is 0 Å². The molecular formula is C22H26. The summed E-state index contributed by atoms with van der Waals surface area (Å²) >= 11 is 0. The van der Waals surface area contributed by atoms with Crippen molar-refractivity contribution >= 4 is 10.8 Å². The summed E-state index contributed by atoms with van der Waals surface area (Å²) in [6.45, 7) is 4.79. The molecule has 2 aromatic rings. The molecule has 0 aromatic heterocycles. The molecule has 4 aliphatic carbocycles. The average Bonchev–Trinajstić information content (AvgIpc) is 2.52. The number of aryl methyl sites for hydroxylation is 1. The van der Waals surface area contributed by atoms with Crippen molar-refractivity contribution in [2.45, 2.75) is 51.4 Å². The van der Waals surface area contributed by atoms with Gasteiger partial charge in [-0.25, -0.2) is 0 Å². The van der Waals surface area contributed by atoms with Crippen LogP contribution in [0.1, 0.15) is 50.2 Å². The predicted molar refractivity (Wildman–Crippen MR) is 93.1 cm³/mol. The van der Waals surface area contributed by atoms with Gasteiger partial charge in [-0.3, -0.25) is 0 Å². The number of rotatable bonds is 1. The third-order valence-electron chi connectivity index (χ3n) is 7.46. The first-order valence-electron chi connectivity index (χ1n) is 9.15. The van der Waals surface area contributed by atoms with Gasteiger partial charge < -0.3 is 0 Å². The lowest BCUT2D eigenvalue weighted by Gasteiger charge is -2.60. The fraction of sp³-hybridized carbons (Fsp3) is 0.545. The van der Waals surface area contributed by atoms with Crippen LogP contribution in [0.25, 0.3) is 10.8 Å². The molecule has 2 aromatic carbocycles. The summed E-state index contributed by atoms with van der Waals surface area (Å²) in [5.41, 5.74) is 3.61. The van der Waals surface area contributed by atoms with Crippen LogP contribution in [0.15, 0.2) is 36.4 Å². The fourth-order valence-electron chi connectivity index (χ4n) is 6.52. The maximum absolute atomic E-state index is 2.54. The quantitative estimate of drug-likeness (QED) is 0.617. The molecule has 0 spiro atoms. The highest BCUT2D eigenvalue weighted by atomic mass is 14.6. The minimum atomic E-state index is 0.496. The molecule has 2 unspecified atom stereocenters. The van der Waals surface area contributed by atoms with E-state index in [-0.39, 0.29) is 0 Å². The van der Waals surface area contributed by atoms with E-state index in [1.165, 1.54) is 48.4 Å². The van der Waals surface area contributed by atoms with Gasteiger partial charge in [0.1, 0.15) is 0 Å². The fourth-order valence-corrected chi connectivity index (χ4v) is 6.52. The van der Waals surface area contributed by atoms with E-state index in [1.54, 1.807) is 5.56 Å². The highest BCUT2D eigenvalue weighted by Crippen LogP contribution is 2.63. The summed E-state index contributed by atoms with van der Waals surface area (Å²) in [4.78, 5) is 0. The molecule has 0 heterocycles. The first-order valence-corrected chi connectivity index (χ1v) is 9.15. The van der Waals surface area contributed by atoms with E-state index in [2.05, 4.69) is 50.2 Å². The monoisotopic (exact) mass is 290 g/mol. The molecule has 2 atom stereocenters. The second-order valence-corrected chi connectivity index (χ2v) is 8.59. The summed E-state index contributed by atoms with van der Waals surface area (Å²) < 4.78 is 0. The summed E-state index contributed by atoms with van der Waals surface area (Å²) in [5, 5.41) is 3.01. The van der Waals surface area contributed by atoms with E-state index in [0.717, 1.165) is 23.7 Å². The SMILES string of the molecule is Cc1ccc(C23CC4CC(C2)C(C)C(C4)C3)c2ccccc12. The zero-order valence-electron chi connectivity index (χ0n) is 13.8. The smallest absolute Gasteiger partial charge is 0.00327 e. The van der Waals surface area contributed by atoms with Crippen molar-refractivity contribution in [2.75, 3.05) is 0 Å². The maximum atomic E-state index is 2.54. The van der Waals surface area contributed by atoms with E-state index >= 15 is 0 Å². The van der Waals surface area contributed by atoms with E-state index in [1.807, 2.05) is 0 Å².